The number of benzene rings is 1. The number of aromatic nitrogens is 1. The average Bonchev–Trinajstić information content (AvgIpc) is 3.15. The Hall–Kier alpha value is -1.63. The van der Waals surface area contributed by atoms with Gasteiger partial charge in [0.1, 0.15) is 17.4 Å². The SMILES string of the molecule is CC1(C(=O)O)CCN(Cc2csc(COc3ccc(Cl)cc3)n2)C1. The monoisotopic (exact) mass is 366 g/mol. The first-order valence-corrected chi connectivity index (χ1v) is 8.98. The second kappa shape index (κ2) is 7.09. The fourth-order valence-corrected chi connectivity index (χ4v) is 3.58. The van der Waals surface area contributed by atoms with Gasteiger partial charge in [-0.05, 0) is 44.2 Å². The van der Waals surface area contributed by atoms with E-state index in [1.165, 1.54) is 0 Å². The molecule has 0 radical (unpaired) electrons. The molecule has 128 valence electrons. The topological polar surface area (TPSA) is 62.7 Å². The van der Waals surface area contributed by atoms with Crippen LogP contribution in [-0.4, -0.2) is 34.0 Å². The first-order chi connectivity index (χ1) is 11.4. The molecule has 0 saturated carbocycles. The molecule has 1 fully saturated rings. The zero-order valence-electron chi connectivity index (χ0n) is 13.4. The zero-order valence-corrected chi connectivity index (χ0v) is 14.9. The highest BCUT2D eigenvalue weighted by molar-refractivity contribution is 7.09. The van der Waals surface area contributed by atoms with E-state index in [4.69, 9.17) is 16.3 Å². The van der Waals surface area contributed by atoms with Crippen LogP contribution in [0.3, 0.4) is 0 Å². The van der Waals surface area contributed by atoms with E-state index in [9.17, 15) is 9.90 Å². The number of carbonyl (C=O) groups is 1. The maximum absolute atomic E-state index is 11.3. The normalized spacial score (nSPS) is 21.1. The summed E-state index contributed by atoms with van der Waals surface area (Å²) in [4.78, 5) is 18.0. The molecule has 3 rings (SSSR count). The van der Waals surface area contributed by atoms with E-state index < -0.39 is 11.4 Å². The number of rotatable bonds is 6. The van der Waals surface area contributed by atoms with Crippen molar-refractivity contribution < 1.29 is 14.6 Å². The van der Waals surface area contributed by atoms with Crippen molar-refractivity contribution in [2.24, 2.45) is 5.41 Å². The van der Waals surface area contributed by atoms with Crippen LogP contribution in [0.2, 0.25) is 5.02 Å². The van der Waals surface area contributed by atoms with Crippen molar-refractivity contribution in [2.45, 2.75) is 26.5 Å². The van der Waals surface area contributed by atoms with Crippen molar-refractivity contribution >= 4 is 28.9 Å². The lowest BCUT2D eigenvalue weighted by Crippen LogP contribution is -2.31. The van der Waals surface area contributed by atoms with Crippen LogP contribution in [0.15, 0.2) is 29.6 Å². The van der Waals surface area contributed by atoms with Gasteiger partial charge in [0, 0.05) is 23.5 Å². The minimum Gasteiger partial charge on any atom is -0.486 e. The number of hydrogen-bond donors (Lipinski definition) is 1. The third-order valence-electron chi connectivity index (χ3n) is 4.23. The summed E-state index contributed by atoms with van der Waals surface area (Å²) >= 11 is 7.40. The van der Waals surface area contributed by atoms with Gasteiger partial charge in [0.05, 0.1) is 11.1 Å². The summed E-state index contributed by atoms with van der Waals surface area (Å²) in [5, 5.41) is 12.9. The second-order valence-electron chi connectivity index (χ2n) is 6.30. The van der Waals surface area contributed by atoms with Crippen LogP contribution in [0.4, 0.5) is 0 Å². The van der Waals surface area contributed by atoms with Crippen molar-refractivity contribution in [1.82, 2.24) is 9.88 Å². The summed E-state index contributed by atoms with van der Waals surface area (Å²) in [5.74, 6) is 0.0354. The summed E-state index contributed by atoms with van der Waals surface area (Å²) < 4.78 is 5.69. The summed E-state index contributed by atoms with van der Waals surface area (Å²) in [6.07, 6.45) is 0.680. The van der Waals surface area contributed by atoms with E-state index in [0.29, 0.717) is 31.1 Å². The third kappa shape index (κ3) is 4.06. The minimum atomic E-state index is -0.722. The van der Waals surface area contributed by atoms with E-state index >= 15 is 0 Å². The first-order valence-electron chi connectivity index (χ1n) is 7.72. The molecule has 2 aromatic rings. The predicted molar refractivity (Wildman–Crippen MR) is 93.5 cm³/mol. The lowest BCUT2D eigenvalue weighted by molar-refractivity contribution is -0.147. The Balaban J connectivity index is 1.52. The van der Waals surface area contributed by atoms with Gasteiger partial charge in [0.2, 0.25) is 0 Å². The van der Waals surface area contributed by atoms with E-state index in [-0.39, 0.29) is 0 Å². The molecule has 1 unspecified atom stereocenters. The lowest BCUT2D eigenvalue weighted by atomic mass is 9.90. The number of likely N-dealkylation sites (tertiary alicyclic amines) is 1. The molecule has 1 atom stereocenters. The van der Waals surface area contributed by atoms with Gasteiger partial charge in [0.15, 0.2) is 0 Å². The second-order valence-corrected chi connectivity index (χ2v) is 7.68. The van der Waals surface area contributed by atoms with Gasteiger partial charge in [-0.1, -0.05) is 11.6 Å². The maximum atomic E-state index is 11.3. The number of nitrogens with zero attached hydrogens (tertiary/aromatic N) is 2. The third-order valence-corrected chi connectivity index (χ3v) is 5.35. The molecule has 1 N–H and O–H groups in total. The van der Waals surface area contributed by atoms with Gasteiger partial charge in [0.25, 0.3) is 0 Å². The van der Waals surface area contributed by atoms with E-state index in [2.05, 4.69) is 9.88 Å². The molecule has 1 aliphatic rings. The Kier molecular flexibility index (Phi) is 5.08. The zero-order chi connectivity index (χ0) is 17.2. The number of ether oxygens (including phenoxy) is 1. The smallest absolute Gasteiger partial charge is 0.310 e. The van der Waals surface area contributed by atoms with Gasteiger partial charge >= 0.3 is 5.97 Å². The molecule has 24 heavy (non-hydrogen) atoms. The van der Waals surface area contributed by atoms with Crippen LogP contribution in [-0.2, 0) is 17.9 Å². The quantitative estimate of drug-likeness (QED) is 0.845. The minimum absolute atomic E-state index is 0.416. The summed E-state index contributed by atoms with van der Waals surface area (Å²) in [6.45, 7) is 4.26. The van der Waals surface area contributed by atoms with Crippen LogP contribution in [0.25, 0.3) is 0 Å². The van der Waals surface area contributed by atoms with E-state index in [1.54, 1.807) is 23.5 Å². The van der Waals surface area contributed by atoms with Crippen LogP contribution in [0.1, 0.15) is 24.0 Å². The van der Waals surface area contributed by atoms with Gasteiger partial charge in [-0.3, -0.25) is 9.69 Å². The average molecular weight is 367 g/mol. The molecule has 1 aromatic heterocycles. The van der Waals surface area contributed by atoms with Crippen LogP contribution in [0, 0.1) is 5.41 Å². The van der Waals surface area contributed by atoms with Gasteiger partial charge in [-0.15, -0.1) is 11.3 Å². The fourth-order valence-electron chi connectivity index (χ4n) is 2.76. The largest absolute Gasteiger partial charge is 0.486 e. The number of halogens is 1. The van der Waals surface area contributed by atoms with E-state index in [0.717, 1.165) is 23.0 Å². The number of carboxylic acid groups (broad SMARTS) is 1. The highest BCUT2D eigenvalue weighted by Crippen LogP contribution is 2.31. The molecule has 0 aliphatic carbocycles. The van der Waals surface area contributed by atoms with Crippen LogP contribution < -0.4 is 4.74 Å². The molecule has 1 aromatic carbocycles. The van der Waals surface area contributed by atoms with Crippen molar-refractivity contribution in [3.63, 3.8) is 0 Å². The molecule has 5 nitrogen and oxygen atoms in total. The molecule has 0 bridgehead atoms. The Morgan fingerprint density at radius 2 is 2.21 bits per heavy atom. The van der Waals surface area contributed by atoms with E-state index in [1.807, 2.05) is 24.4 Å². The Morgan fingerprint density at radius 1 is 1.46 bits per heavy atom. The highest BCUT2D eigenvalue weighted by atomic mass is 35.5. The standard InChI is InChI=1S/C17H19ClN2O3S/c1-17(16(21)22)6-7-20(11-17)8-13-10-24-15(19-13)9-23-14-4-2-12(18)3-5-14/h2-5,10H,6-9,11H2,1H3,(H,21,22). The predicted octanol–water partition coefficient (Wildman–Crippen LogP) is 3.67. The Bertz CT molecular complexity index is 719. The van der Waals surface area contributed by atoms with Gasteiger partial charge in [-0.2, -0.15) is 0 Å². The molecular formula is C17H19ClN2O3S. The molecule has 0 spiro atoms. The first kappa shape index (κ1) is 17.2. The van der Waals surface area contributed by atoms with Gasteiger partial charge < -0.3 is 9.84 Å². The number of aliphatic carboxylic acids is 1. The van der Waals surface area contributed by atoms with Crippen LogP contribution >= 0.6 is 22.9 Å². The highest BCUT2D eigenvalue weighted by Gasteiger charge is 2.40. The Morgan fingerprint density at radius 3 is 2.88 bits per heavy atom. The molecule has 0 amide bonds. The molecule has 1 saturated heterocycles. The van der Waals surface area contributed by atoms with Gasteiger partial charge in [-0.25, -0.2) is 4.98 Å². The molecule has 1 aliphatic heterocycles. The lowest BCUT2D eigenvalue weighted by Gasteiger charge is -2.19. The van der Waals surface area contributed by atoms with Crippen molar-refractivity contribution in [2.75, 3.05) is 13.1 Å². The van der Waals surface area contributed by atoms with Crippen molar-refractivity contribution in [3.05, 3.63) is 45.4 Å². The van der Waals surface area contributed by atoms with Crippen LogP contribution in [0.5, 0.6) is 5.75 Å². The fraction of sp³-hybridized carbons (Fsp3) is 0.412. The maximum Gasteiger partial charge on any atom is 0.310 e. The molecular weight excluding hydrogens is 348 g/mol. The summed E-state index contributed by atoms with van der Waals surface area (Å²) in [6, 6.07) is 7.23. The Labute approximate surface area is 149 Å². The molecule has 2 heterocycles. The van der Waals surface area contributed by atoms with Crippen molar-refractivity contribution in [1.29, 1.82) is 0 Å². The molecule has 7 heteroatoms. The number of thiazole rings is 1. The number of carboxylic acids is 1. The number of hydrogen-bond acceptors (Lipinski definition) is 5. The summed E-state index contributed by atoms with van der Waals surface area (Å²) in [5.41, 5.74) is 0.320. The summed E-state index contributed by atoms with van der Waals surface area (Å²) in [7, 11) is 0. The van der Waals surface area contributed by atoms with Crippen molar-refractivity contribution in [3.8, 4) is 5.75 Å².